The van der Waals surface area contributed by atoms with Crippen LogP contribution in [0.1, 0.15) is 97.3 Å². The van der Waals surface area contributed by atoms with Crippen molar-refractivity contribution in [2.45, 2.75) is 97.3 Å². The smallest absolute Gasteiger partial charge is 0.0466 e. The van der Waals surface area contributed by atoms with Crippen LogP contribution in [0.3, 0.4) is 0 Å². The molecule has 1 saturated carbocycles. The average Bonchev–Trinajstić information content (AvgIpc) is 3.20. The minimum Gasteiger partial charge on any atom is -0.381 e. The second-order valence-electron chi connectivity index (χ2n) is 6.77. The summed E-state index contributed by atoms with van der Waals surface area (Å²) in [6, 6.07) is 0. The van der Waals surface area contributed by atoms with Crippen LogP contribution in [0, 0.1) is 11.8 Å². The van der Waals surface area contributed by atoms with Crippen molar-refractivity contribution < 1.29 is 4.74 Å². The summed E-state index contributed by atoms with van der Waals surface area (Å²) in [5, 5.41) is 0. The molecule has 0 aromatic carbocycles. The number of hydrogen-bond donors (Lipinski definition) is 0. The first-order valence-electron chi connectivity index (χ1n) is 9.46. The maximum Gasteiger partial charge on any atom is 0.0466 e. The van der Waals surface area contributed by atoms with Crippen molar-refractivity contribution in [2.75, 3.05) is 13.2 Å². The molecule has 0 radical (unpaired) electrons. The van der Waals surface area contributed by atoms with Crippen LogP contribution in [-0.4, -0.2) is 13.2 Å². The van der Waals surface area contributed by atoms with Gasteiger partial charge >= 0.3 is 0 Å². The summed E-state index contributed by atoms with van der Waals surface area (Å²) < 4.78 is 5.51. The van der Waals surface area contributed by atoms with Crippen molar-refractivity contribution in [1.29, 1.82) is 0 Å². The number of rotatable bonds is 15. The Balaban J connectivity index is 1.74. The summed E-state index contributed by atoms with van der Waals surface area (Å²) in [5.74, 6) is 2.22. The van der Waals surface area contributed by atoms with E-state index in [-0.39, 0.29) is 0 Å². The minimum atomic E-state index is 0.946. The number of ether oxygens (including phenoxy) is 1. The van der Waals surface area contributed by atoms with E-state index in [1.165, 1.54) is 70.6 Å². The molecular weight excluding hydrogens is 244 g/mol. The van der Waals surface area contributed by atoms with Crippen molar-refractivity contribution in [3.05, 3.63) is 0 Å². The van der Waals surface area contributed by atoms with Crippen molar-refractivity contribution >= 4 is 0 Å². The predicted octanol–water partition coefficient (Wildman–Crippen LogP) is 6.36. The van der Waals surface area contributed by atoms with Gasteiger partial charge in [0, 0.05) is 13.2 Å². The first-order chi connectivity index (χ1) is 9.88. The Morgan fingerprint density at radius 3 is 1.85 bits per heavy atom. The van der Waals surface area contributed by atoms with Gasteiger partial charge in [-0.1, -0.05) is 78.1 Å². The topological polar surface area (TPSA) is 9.23 Å². The molecule has 1 rings (SSSR count). The maximum atomic E-state index is 5.51. The van der Waals surface area contributed by atoms with Crippen LogP contribution in [0.2, 0.25) is 0 Å². The SMILES string of the molecule is CCCCCCCC1CC1CCCCCCOCCC. The highest BCUT2D eigenvalue weighted by molar-refractivity contribution is 4.85. The largest absolute Gasteiger partial charge is 0.381 e. The van der Waals surface area contributed by atoms with E-state index < -0.39 is 0 Å². The second-order valence-corrected chi connectivity index (χ2v) is 6.77. The van der Waals surface area contributed by atoms with E-state index in [1.807, 2.05) is 0 Å². The van der Waals surface area contributed by atoms with Crippen molar-refractivity contribution in [3.63, 3.8) is 0 Å². The lowest BCUT2D eigenvalue weighted by Crippen LogP contribution is -1.95. The van der Waals surface area contributed by atoms with E-state index in [4.69, 9.17) is 4.74 Å². The highest BCUT2D eigenvalue weighted by Gasteiger charge is 2.34. The molecule has 1 aliphatic rings. The van der Waals surface area contributed by atoms with E-state index in [0.717, 1.165) is 31.5 Å². The van der Waals surface area contributed by atoms with Gasteiger partial charge in [0.25, 0.3) is 0 Å². The summed E-state index contributed by atoms with van der Waals surface area (Å²) >= 11 is 0. The zero-order chi connectivity index (χ0) is 14.5. The monoisotopic (exact) mass is 282 g/mol. The third-order valence-electron chi connectivity index (χ3n) is 4.71. The molecule has 2 unspecified atom stereocenters. The first kappa shape index (κ1) is 18.0. The third-order valence-corrected chi connectivity index (χ3v) is 4.71. The average molecular weight is 283 g/mol. The molecule has 0 amide bonds. The van der Waals surface area contributed by atoms with Crippen molar-refractivity contribution in [1.82, 2.24) is 0 Å². The fraction of sp³-hybridized carbons (Fsp3) is 1.00. The van der Waals surface area contributed by atoms with Crippen molar-refractivity contribution in [3.8, 4) is 0 Å². The van der Waals surface area contributed by atoms with Gasteiger partial charge in [0.2, 0.25) is 0 Å². The molecule has 0 aliphatic heterocycles. The van der Waals surface area contributed by atoms with Gasteiger partial charge in [0.1, 0.15) is 0 Å². The molecular formula is C19H38O. The van der Waals surface area contributed by atoms with Crippen LogP contribution >= 0.6 is 0 Å². The Morgan fingerprint density at radius 2 is 1.25 bits per heavy atom. The van der Waals surface area contributed by atoms with Gasteiger partial charge in [0.15, 0.2) is 0 Å². The van der Waals surface area contributed by atoms with Gasteiger partial charge in [-0.3, -0.25) is 0 Å². The van der Waals surface area contributed by atoms with Crippen molar-refractivity contribution in [2.24, 2.45) is 11.8 Å². The first-order valence-corrected chi connectivity index (χ1v) is 9.46. The Morgan fingerprint density at radius 1 is 0.650 bits per heavy atom. The van der Waals surface area contributed by atoms with E-state index >= 15 is 0 Å². The predicted molar refractivity (Wildman–Crippen MR) is 89.2 cm³/mol. The summed E-state index contributed by atoms with van der Waals surface area (Å²) in [5.41, 5.74) is 0. The number of hydrogen-bond acceptors (Lipinski definition) is 1. The quantitative estimate of drug-likeness (QED) is 0.317. The van der Waals surface area contributed by atoms with Gasteiger partial charge < -0.3 is 4.74 Å². The molecule has 0 aromatic rings. The summed E-state index contributed by atoms with van der Waals surface area (Å²) in [4.78, 5) is 0. The molecule has 1 fully saturated rings. The van der Waals surface area contributed by atoms with Crippen LogP contribution in [-0.2, 0) is 4.74 Å². The molecule has 1 aliphatic carbocycles. The van der Waals surface area contributed by atoms with Crippen LogP contribution in [0.5, 0.6) is 0 Å². The van der Waals surface area contributed by atoms with Gasteiger partial charge in [-0.25, -0.2) is 0 Å². The lowest BCUT2D eigenvalue weighted by molar-refractivity contribution is 0.130. The summed E-state index contributed by atoms with van der Waals surface area (Å²) in [7, 11) is 0. The Hall–Kier alpha value is -0.0400. The zero-order valence-electron chi connectivity index (χ0n) is 14.2. The number of unbranched alkanes of at least 4 members (excludes halogenated alkanes) is 7. The molecule has 1 nitrogen and oxygen atoms in total. The van der Waals surface area contributed by atoms with Crippen LogP contribution in [0.4, 0.5) is 0 Å². The van der Waals surface area contributed by atoms with E-state index in [0.29, 0.717) is 0 Å². The molecule has 0 aromatic heterocycles. The molecule has 1 heteroatoms. The Kier molecular flexibility index (Phi) is 11.4. The molecule has 0 spiro atoms. The summed E-state index contributed by atoms with van der Waals surface area (Å²) in [6.07, 6.45) is 18.5. The normalized spacial score (nSPS) is 21.3. The zero-order valence-corrected chi connectivity index (χ0v) is 14.2. The van der Waals surface area contributed by atoms with Gasteiger partial charge in [-0.2, -0.15) is 0 Å². The second kappa shape index (κ2) is 12.7. The van der Waals surface area contributed by atoms with Crippen LogP contribution < -0.4 is 0 Å². The molecule has 0 bridgehead atoms. The van der Waals surface area contributed by atoms with Gasteiger partial charge in [-0.05, 0) is 31.1 Å². The highest BCUT2D eigenvalue weighted by atomic mass is 16.5. The molecule has 0 heterocycles. The fourth-order valence-electron chi connectivity index (χ4n) is 3.24. The Labute approximate surface area is 127 Å². The van der Waals surface area contributed by atoms with Crippen LogP contribution in [0.25, 0.3) is 0 Å². The molecule has 120 valence electrons. The molecule has 2 atom stereocenters. The van der Waals surface area contributed by atoms with E-state index in [2.05, 4.69) is 13.8 Å². The highest BCUT2D eigenvalue weighted by Crippen LogP contribution is 2.45. The van der Waals surface area contributed by atoms with Crippen LogP contribution in [0.15, 0.2) is 0 Å². The van der Waals surface area contributed by atoms with E-state index in [9.17, 15) is 0 Å². The third kappa shape index (κ3) is 9.80. The lowest BCUT2D eigenvalue weighted by Gasteiger charge is -2.03. The van der Waals surface area contributed by atoms with Gasteiger partial charge in [0.05, 0.1) is 0 Å². The fourth-order valence-corrected chi connectivity index (χ4v) is 3.24. The molecule has 0 N–H and O–H groups in total. The minimum absolute atomic E-state index is 0.946. The standard InChI is InChI=1S/C19H38O/c1-3-5-6-7-10-13-18-17-19(18)14-11-8-9-12-16-20-15-4-2/h18-19H,3-17H2,1-2H3. The Bertz CT molecular complexity index is 202. The molecule has 0 saturated heterocycles. The maximum absolute atomic E-state index is 5.51. The van der Waals surface area contributed by atoms with Gasteiger partial charge in [-0.15, -0.1) is 0 Å². The molecule has 20 heavy (non-hydrogen) atoms. The van der Waals surface area contributed by atoms with E-state index in [1.54, 1.807) is 6.42 Å². The lowest BCUT2D eigenvalue weighted by atomic mass is 10.0. The summed E-state index contributed by atoms with van der Waals surface area (Å²) in [6.45, 7) is 6.41.